The van der Waals surface area contributed by atoms with E-state index >= 15 is 0 Å². The fourth-order valence-electron chi connectivity index (χ4n) is 3.37. The Morgan fingerprint density at radius 2 is 1.96 bits per heavy atom. The highest BCUT2D eigenvalue weighted by Gasteiger charge is 2.11. The molecule has 28 heavy (non-hydrogen) atoms. The Hall–Kier alpha value is -3.28. The van der Waals surface area contributed by atoms with Crippen molar-refractivity contribution in [3.05, 3.63) is 82.8 Å². The molecule has 0 saturated carbocycles. The van der Waals surface area contributed by atoms with Crippen LogP contribution in [0.1, 0.15) is 27.9 Å². The topological polar surface area (TPSA) is 63.7 Å². The number of methoxy groups -OCH3 is 1. The van der Waals surface area contributed by atoms with Gasteiger partial charge < -0.3 is 9.72 Å². The number of fused-ring (bicyclic) bond motifs is 1. The first-order chi connectivity index (χ1) is 13.6. The lowest BCUT2D eigenvalue weighted by Gasteiger charge is -2.08. The van der Waals surface area contributed by atoms with Crippen LogP contribution in [0.2, 0.25) is 0 Å². The molecular formula is C22H21FN4O. The zero-order valence-corrected chi connectivity index (χ0v) is 15.9. The van der Waals surface area contributed by atoms with Gasteiger partial charge in [0.1, 0.15) is 11.5 Å². The van der Waals surface area contributed by atoms with Crippen LogP contribution in [0, 0.1) is 12.7 Å². The lowest BCUT2D eigenvalue weighted by Crippen LogP contribution is -2.02. The van der Waals surface area contributed by atoms with E-state index in [-0.39, 0.29) is 5.82 Å². The van der Waals surface area contributed by atoms with E-state index in [1.807, 2.05) is 31.5 Å². The number of rotatable bonds is 6. The summed E-state index contributed by atoms with van der Waals surface area (Å²) in [6, 6.07) is 7.45. The molecular weight excluding hydrogens is 355 g/mol. The Balaban J connectivity index is 1.50. The molecule has 0 saturated heterocycles. The van der Waals surface area contributed by atoms with Crippen molar-refractivity contribution in [1.29, 1.82) is 0 Å². The average molecular weight is 376 g/mol. The molecule has 0 spiro atoms. The van der Waals surface area contributed by atoms with Crippen LogP contribution in [0.3, 0.4) is 0 Å². The summed E-state index contributed by atoms with van der Waals surface area (Å²) in [4.78, 5) is 16.1. The van der Waals surface area contributed by atoms with Crippen molar-refractivity contribution in [2.24, 2.45) is 0 Å². The standard InChI is InChI=1S/C22H21FN4O/c1-14-8-18-17(13-27-21(18)26-11-14)9-15-10-19(23)20(25-12-15)6-5-16-4-3-7-24-22(16)28-2/h3-4,7-8,10-13H,5-6,9H2,1-2H3,(H,26,27). The Labute approximate surface area is 162 Å². The van der Waals surface area contributed by atoms with Gasteiger partial charge in [0.25, 0.3) is 0 Å². The largest absolute Gasteiger partial charge is 0.481 e. The fourth-order valence-corrected chi connectivity index (χ4v) is 3.37. The third kappa shape index (κ3) is 3.71. The number of H-pyrrole nitrogens is 1. The van der Waals surface area contributed by atoms with Crippen LogP contribution < -0.4 is 4.74 Å². The predicted molar refractivity (Wildman–Crippen MR) is 106 cm³/mol. The fraction of sp³-hybridized carbons (Fsp3) is 0.227. The highest BCUT2D eigenvalue weighted by atomic mass is 19.1. The predicted octanol–water partition coefficient (Wildman–Crippen LogP) is 4.19. The molecule has 0 aromatic carbocycles. The van der Waals surface area contributed by atoms with Gasteiger partial charge in [0, 0.05) is 42.2 Å². The molecule has 0 radical (unpaired) electrons. The lowest BCUT2D eigenvalue weighted by atomic mass is 10.0. The Morgan fingerprint density at radius 1 is 1.07 bits per heavy atom. The van der Waals surface area contributed by atoms with Gasteiger partial charge in [0.15, 0.2) is 0 Å². The molecule has 0 bridgehead atoms. The summed E-state index contributed by atoms with van der Waals surface area (Å²) in [5, 5.41) is 1.06. The highest BCUT2D eigenvalue weighted by Crippen LogP contribution is 2.22. The number of hydrogen-bond donors (Lipinski definition) is 1. The van der Waals surface area contributed by atoms with Crippen LogP contribution in [0.4, 0.5) is 4.39 Å². The van der Waals surface area contributed by atoms with Crippen LogP contribution in [0.25, 0.3) is 11.0 Å². The van der Waals surface area contributed by atoms with E-state index in [2.05, 4.69) is 26.0 Å². The monoisotopic (exact) mass is 376 g/mol. The van der Waals surface area contributed by atoms with Crippen LogP contribution in [-0.4, -0.2) is 27.0 Å². The molecule has 0 atom stereocenters. The molecule has 4 aromatic heterocycles. The molecule has 0 unspecified atom stereocenters. The smallest absolute Gasteiger partial charge is 0.216 e. The molecule has 0 amide bonds. The van der Waals surface area contributed by atoms with Crippen molar-refractivity contribution >= 4 is 11.0 Å². The lowest BCUT2D eigenvalue weighted by molar-refractivity contribution is 0.392. The van der Waals surface area contributed by atoms with E-state index in [4.69, 9.17) is 4.74 Å². The number of hydrogen-bond acceptors (Lipinski definition) is 4. The maximum absolute atomic E-state index is 14.6. The summed E-state index contributed by atoms with van der Waals surface area (Å²) in [6.45, 7) is 2.01. The summed E-state index contributed by atoms with van der Waals surface area (Å²) in [7, 11) is 1.58. The molecule has 0 aliphatic heterocycles. The third-order valence-electron chi connectivity index (χ3n) is 4.80. The van der Waals surface area contributed by atoms with Gasteiger partial charge in [-0.25, -0.2) is 14.4 Å². The van der Waals surface area contributed by atoms with Crippen molar-refractivity contribution in [1.82, 2.24) is 19.9 Å². The van der Waals surface area contributed by atoms with Crippen LogP contribution in [0.5, 0.6) is 5.88 Å². The molecule has 5 nitrogen and oxygen atoms in total. The number of aryl methyl sites for hydroxylation is 3. The molecule has 4 rings (SSSR count). The molecule has 0 aliphatic carbocycles. The Bertz CT molecular complexity index is 1120. The molecule has 1 N–H and O–H groups in total. The maximum Gasteiger partial charge on any atom is 0.216 e. The number of pyridine rings is 3. The zero-order valence-electron chi connectivity index (χ0n) is 15.9. The molecule has 4 heterocycles. The normalized spacial score (nSPS) is 11.1. The van der Waals surface area contributed by atoms with Crippen molar-refractivity contribution in [3.63, 3.8) is 0 Å². The first kappa shape index (κ1) is 18.1. The number of ether oxygens (including phenoxy) is 1. The van der Waals surface area contributed by atoms with E-state index in [0.29, 0.717) is 30.8 Å². The van der Waals surface area contributed by atoms with E-state index in [0.717, 1.165) is 33.3 Å². The van der Waals surface area contributed by atoms with Gasteiger partial charge in [0.05, 0.1) is 12.8 Å². The average Bonchev–Trinajstić information content (AvgIpc) is 3.09. The van der Waals surface area contributed by atoms with Gasteiger partial charge in [-0.1, -0.05) is 6.07 Å². The molecule has 4 aromatic rings. The maximum atomic E-state index is 14.6. The summed E-state index contributed by atoms with van der Waals surface area (Å²) in [6.07, 6.45) is 8.90. The summed E-state index contributed by atoms with van der Waals surface area (Å²) >= 11 is 0. The van der Waals surface area contributed by atoms with Crippen molar-refractivity contribution < 1.29 is 9.13 Å². The van der Waals surface area contributed by atoms with Crippen molar-refractivity contribution in [2.75, 3.05) is 7.11 Å². The first-order valence-corrected chi connectivity index (χ1v) is 9.18. The SMILES string of the molecule is COc1ncccc1CCc1ncc(Cc2c[nH]c3ncc(C)cc23)cc1F. The van der Waals surface area contributed by atoms with Crippen molar-refractivity contribution in [2.45, 2.75) is 26.2 Å². The van der Waals surface area contributed by atoms with Gasteiger partial charge in [-0.15, -0.1) is 0 Å². The van der Waals surface area contributed by atoms with Crippen LogP contribution in [-0.2, 0) is 19.3 Å². The zero-order chi connectivity index (χ0) is 19.5. The highest BCUT2D eigenvalue weighted by molar-refractivity contribution is 5.80. The van der Waals surface area contributed by atoms with Crippen molar-refractivity contribution in [3.8, 4) is 5.88 Å². The Morgan fingerprint density at radius 3 is 2.79 bits per heavy atom. The number of nitrogens with one attached hydrogen (secondary N) is 1. The summed E-state index contributed by atoms with van der Waals surface area (Å²) in [5.74, 6) is 0.289. The molecule has 142 valence electrons. The van der Waals surface area contributed by atoms with E-state index in [9.17, 15) is 4.39 Å². The number of nitrogens with zero attached hydrogens (tertiary/aromatic N) is 3. The van der Waals surface area contributed by atoms with E-state index < -0.39 is 0 Å². The van der Waals surface area contributed by atoms with Crippen LogP contribution in [0.15, 0.2) is 49.1 Å². The quantitative estimate of drug-likeness (QED) is 0.548. The molecule has 0 aliphatic rings. The second-order valence-electron chi connectivity index (χ2n) is 6.84. The van der Waals surface area contributed by atoms with Gasteiger partial charge in [-0.05, 0) is 54.7 Å². The Kier molecular flexibility index (Phi) is 5.02. The summed E-state index contributed by atoms with van der Waals surface area (Å²) in [5.41, 5.74) is 5.25. The van der Waals surface area contributed by atoms with Gasteiger partial charge >= 0.3 is 0 Å². The number of aromatic amines is 1. The second kappa shape index (κ2) is 7.76. The minimum atomic E-state index is -0.283. The second-order valence-corrected chi connectivity index (χ2v) is 6.84. The van der Waals surface area contributed by atoms with Crippen LogP contribution >= 0.6 is 0 Å². The van der Waals surface area contributed by atoms with Gasteiger partial charge in [0.2, 0.25) is 5.88 Å². The van der Waals surface area contributed by atoms with Gasteiger partial charge in [-0.2, -0.15) is 0 Å². The minimum Gasteiger partial charge on any atom is -0.481 e. The van der Waals surface area contributed by atoms with E-state index in [1.165, 1.54) is 0 Å². The number of aromatic nitrogens is 4. The summed E-state index contributed by atoms with van der Waals surface area (Å²) < 4.78 is 19.9. The molecule has 6 heteroatoms. The van der Waals surface area contributed by atoms with Gasteiger partial charge in [-0.3, -0.25) is 4.98 Å². The molecule has 0 fully saturated rings. The minimum absolute atomic E-state index is 0.283. The number of halogens is 1. The van der Waals surface area contributed by atoms with E-state index in [1.54, 1.807) is 25.6 Å². The third-order valence-corrected chi connectivity index (χ3v) is 4.80. The first-order valence-electron chi connectivity index (χ1n) is 9.18.